The van der Waals surface area contributed by atoms with Crippen LogP contribution in [0.3, 0.4) is 0 Å². The summed E-state index contributed by atoms with van der Waals surface area (Å²) in [6.07, 6.45) is 2.16. The minimum atomic E-state index is -0.685. The highest BCUT2D eigenvalue weighted by atomic mass is 35.5. The van der Waals surface area contributed by atoms with Crippen LogP contribution in [0.5, 0.6) is 0 Å². The first-order chi connectivity index (χ1) is 11.9. The van der Waals surface area contributed by atoms with Crippen LogP contribution >= 0.6 is 11.6 Å². The molecule has 0 aliphatic heterocycles. The van der Waals surface area contributed by atoms with E-state index in [0.717, 1.165) is 27.7 Å². The smallest absolute Gasteiger partial charge is 0.350 e. The molecule has 0 radical (unpaired) electrons. The fraction of sp³-hybridized carbons (Fsp3) is 0.412. The van der Waals surface area contributed by atoms with Crippen molar-refractivity contribution in [3.8, 4) is 5.69 Å². The van der Waals surface area contributed by atoms with Gasteiger partial charge in [0.15, 0.2) is 0 Å². The molecule has 1 amide bonds. The molecule has 0 saturated heterocycles. The average molecular weight is 363 g/mol. The highest BCUT2D eigenvalue weighted by Gasteiger charge is 2.24. The van der Waals surface area contributed by atoms with Gasteiger partial charge in [0, 0.05) is 18.1 Å². The van der Waals surface area contributed by atoms with Crippen molar-refractivity contribution in [2.45, 2.75) is 33.2 Å². The Labute approximate surface area is 149 Å². The zero-order chi connectivity index (χ0) is 18.1. The Morgan fingerprint density at radius 1 is 1.36 bits per heavy atom. The van der Waals surface area contributed by atoms with Crippen molar-refractivity contribution >= 4 is 17.5 Å². The number of aryl methyl sites for hydroxylation is 1. The lowest BCUT2D eigenvalue weighted by Gasteiger charge is -2.11. The number of nitrogens with zero attached hydrogens (tertiary/aromatic N) is 3. The van der Waals surface area contributed by atoms with Gasteiger partial charge in [-0.15, -0.1) is 0 Å². The number of carbonyl (C=O) groups excluding carboxylic acids is 1. The van der Waals surface area contributed by atoms with Gasteiger partial charge in [-0.25, -0.2) is 4.79 Å². The van der Waals surface area contributed by atoms with E-state index in [1.54, 1.807) is 25.1 Å². The summed E-state index contributed by atoms with van der Waals surface area (Å²) in [6, 6.07) is 5.01. The molecule has 132 valence electrons. The third-order valence-electron chi connectivity index (χ3n) is 4.24. The van der Waals surface area contributed by atoms with Gasteiger partial charge >= 0.3 is 5.69 Å². The SMILES string of the molecule is CCn1c(=O)c(C(=O)NCC2CC2)nn(-c2ccc(C)c(Cl)c2)c1=O. The second-order valence-corrected chi connectivity index (χ2v) is 6.59. The topological polar surface area (TPSA) is 86.0 Å². The molecule has 1 fully saturated rings. The zero-order valence-corrected chi connectivity index (χ0v) is 14.8. The predicted molar refractivity (Wildman–Crippen MR) is 94.6 cm³/mol. The molecule has 1 saturated carbocycles. The van der Waals surface area contributed by atoms with Crippen LogP contribution in [0.15, 0.2) is 27.8 Å². The summed E-state index contributed by atoms with van der Waals surface area (Å²) >= 11 is 6.12. The number of rotatable bonds is 5. The van der Waals surface area contributed by atoms with Gasteiger partial charge in [-0.2, -0.15) is 9.78 Å². The van der Waals surface area contributed by atoms with E-state index in [9.17, 15) is 14.4 Å². The van der Waals surface area contributed by atoms with Crippen molar-refractivity contribution in [1.29, 1.82) is 0 Å². The minimum absolute atomic E-state index is 0.142. The van der Waals surface area contributed by atoms with Crippen molar-refractivity contribution in [1.82, 2.24) is 19.7 Å². The molecule has 0 unspecified atom stereocenters. The molecule has 0 bridgehead atoms. The Hall–Kier alpha value is -2.41. The Morgan fingerprint density at radius 3 is 2.68 bits per heavy atom. The number of nitrogens with one attached hydrogen (secondary N) is 1. The number of benzene rings is 1. The van der Waals surface area contributed by atoms with Crippen LogP contribution in [0.25, 0.3) is 5.69 Å². The molecule has 1 aromatic heterocycles. The summed E-state index contributed by atoms with van der Waals surface area (Å²) in [5.74, 6) is -0.0924. The van der Waals surface area contributed by atoms with Gasteiger partial charge in [0.2, 0.25) is 5.69 Å². The van der Waals surface area contributed by atoms with E-state index in [0.29, 0.717) is 23.2 Å². The first-order valence-corrected chi connectivity index (χ1v) is 8.59. The van der Waals surface area contributed by atoms with Crippen LogP contribution in [0, 0.1) is 12.8 Å². The number of aromatic nitrogens is 3. The van der Waals surface area contributed by atoms with E-state index in [4.69, 9.17) is 11.6 Å². The van der Waals surface area contributed by atoms with Crippen LogP contribution < -0.4 is 16.6 Å². The molecular weight excluding hydrogens is 344 g/mol. The maximum Gasteiger partial charge on any atom is 0.352 e. The molecule has 1 aliphatic carbocycles. The zero-order valence-electron chi connectivity index (χ0n) is 14.1. The van der Waals surface area contributed by atoms with Crippen molar-refractivity contribution < 1.29 is 4.79 Å². The second-order valence-electron chi connectivity index (χ2n) is 6.18. The Morgan fingerprint density at radius 2 is 2.08 bits per heavy atom. The number of hydrogen-bond acceptors (Lipinski definition) is 4. The molecule has 1 heterocycles. The molecule has 1 N–H and O–H groups in total. The quantitative estimate of drug-likeness (QED) is 0.873. The van der Waals surface area contributed by atoms with Crippen LogP contribution in [-0.2, 0) is 6.54 Å². The van der Waals surface area contributed by atoms with E-state index in [1.165, 1.54) is 0 Å². The van der Waals surface area contributed by atoms with Crippen LogP contribution in [-0.4, -0.2) is 26.8 Å². The highest BCUT2D eigenvalue weighted by molar-refractivity contribution is 6.31. The summed E-state index contributed by atoms with van der Waals surface area (Å²) in [4.78, 5) is 37.3. The lowest BCUT2D eigenvalue weighted by Crippen LogP contribution is -2.45. The summed E-state index contributed by atoms with van der Waals surface area (Å²) in [6.45, 7) is 4.16. The predicted octanol–water partition coefficient (Wildman–Crippen LogP) is 1.52. The number of halogens is 1. The van der Waals surface area contributed by atoms with E-state index < -0.39 is 17.2 Å². The fourth-order valence-electron chi connectivity index (χ4n) is 2.46. The second kappa shape index (κ2) is 6.84. The molecule has 2 aromatic rings. The van der Waals surface area contributed by atoms with Crippen LogP contribution in [0.4, 0.5) is 0 Å². The van der Waals surface area contributed by atoms with E-state index in [2.05, 4.69) is 10.4 Å². The first-order valence-electron chi connectivity index (χ1n) is 8.21. The Balaban J connectivity index is 2.09. The third kappa shape index (κ3) is 3.51. The average Bonchev–Trinajstić information content (AvgIpc) is 3.40. The van der Waals surface area contributed by atoms with Crippen LogP contribution in [0.2, 0.25) is 5.02 Å². The molecule has 3 rings (SSSR count). The largest absolute Gasteiger partial charge is 0.352 e. The first kappa shape index (κ1) is 17.4. The third-order valence-corrected chi connectivity index (χ3v) is 4.65. The summed E-state index contributed by atoms with van der Waals surface area (Å²) < 4.78 is 2.04. The van der Waals surface area contributed by atoms with Crippen molar-refractivity contribution in [3.63, 3.8) is 0 Å². The lowest BCUT2D eigenvalue weighted by molar-refractivity contribution is 0.0942. The van der Waals surface area contributed by atoms with Gasteiger partial charge in [-0.05, 0) is 50.3 Å². The molecule has 0 atom stereocenters. The van der Waals surface area contributed by atoms with Crippen molar-refractivity contribution in [2.24, 2.45) is 5.92 Å². The molecule has 0 spiro atoms. The lowest BCUT2D eigenvalue weighted by atomic mass is 10.2. The van der Waals surface area contributed by atoms with E-state index >= 15 is 0 Å². The van der Waals surface area contributed by atoms with E-state index in [-0.39, 0.29) is 12.2 Å². The standard InChI is InChI=1S/C17H19ClN4O3/c1-3-21-16(24)14(15(23)19-9-11-5-6-11)20-22(17(21)25)12-7-4-10(2)13(18)8-12/h4,7-8,11H,3,5-6,9H2,1-2H3,(H,19,23). The van der Waals surface area contributed by atoms with Gasteiger partial charge in [0.25, 0.3) is 11.5 Å². The van der Waals surface area contributed by atoms with Gasteiger partial charge in [-0.1, -0.05) is 17.7 Å². The van der Waals surface area contributed by atoms with Gasteiger partial charge < -0.3 is 5.32 Å². The molecule has 8 heteroatoms. The van der Waals surface area contributed by atoms with Crippen molar-refractivity contribution in [2.75, 3.05) is 6.54 Å². The fourth-order valence-corrected chi connectivity index (χ4v) is 2.64. The van der Waals surface area contributed by atoms with Crippen molar-refractivity contribution in [3.05, 3.63) is 55.3 Å². The molecule has 7 nitrogen and oxygen atoms in total. The van der Waals surface area contributed by atoms with Crippen LogP contribution in [0.1, 0.15) is 35.8 Å². The van der Waals surface area contributed by atoms with E-state index in [1.807, 2.05) is 6.92 Å². The monoisotopic (exact) mass is 362 g/mol. The maximum atomic E-state index is 12.6. The maximum absolute atomic E-state index is 12.6. The molecule has 25 heavy (non-hydrogen) atoms. The minimum Gasteiger partial charge on any atom is -0.350 e. The summed E-state index contributed by atoms with van der Waals surface area (Å²) in [5.41, 5.74) is -0.330. The van der Waals surface area contributed by atoms with Gasteiger partial charge in [0.05, 0.1) is 5.69 Å². The summed E-state index contributed by atoms with van der Waals surface area (Å²) in [7, 11) is 0. The number of amides is 1. The Bertz CT molecular complexity index is 944. The molecular formula is C17H19ClN4O3. The number of carbonyl (C=O) groups is 1. The van der Waals surface area contributed by atoms with Gasteiger partial charge in [0.1, 0.15) is 0 Å². The highest BCUT2D eigenvalue weighted by Crippen LogP contribution is 2.27. The summed E-state index contributed by atoms with van der Waals surface area (Å²) in [5, 5.41) is 7.21. The molecule has 1 aromatic carbocycles. The Kier molecular flexibility index (Phi) is 4.76. The normalized spacial score (nSPS) is 13.7. The molecule has 1 aliphatic rings. The number of hydrogen-bond donors (Lipinski definition) is 1. The van der Waals surface area contributed by atoms with Gasteiger partial charge in [-0.3, -0.25) is 14.2 Å².